The van der Waals surface area contributed by atoms with Crippen molar-refractivity contribution in [2.45, 2.75) is 13.2 Å². The highest BCUT2D eigenvalue weighted by molar-refractivity contribution is 5.74. The molecule has 2 aromatic carbocycles. The number of para-hydroxylation sites is 2. The molecule has 0 atom stereocenters. The second kappa shape index (κ2) is 4.10. The summed E-state index contributed by atoms with van der Waals surface area (Å²) in [5.41, 5.74) is 4.09. The van der Waals surface area contributed by atoms with Crippen LogP contribution in [-0.4, -0.2) is 4.98 Å². The zero-order chi connectivity index (χ0) is 12.7. The smallest absolute Gasteiger partial charge is 0.323 e. The van der Waals surface area contributed by atoms with Gasteiger partial charge in [0.25, 0.3) is 0 Å². The van der Waals surface area contributed by atoms with Crippen LogP contribution < -0.4 is 5.06 Å². The molecule has 0 unspecified atom stereocenters. The molecular weight excluding hydrogens is 240 g/mol. The molecule has 0 saturated heterocycles. The van der Waals surface area contributed by atoms with Gasteiger partial charge in [-0.1, -0.05) is 36.4 Å². The first-order chi connectivity index (χ1) is 9.40. The molecule has 0 fully saturated rings. The van der Waals surface area contributed by atoms with Crippen LogP contribution in [0.4, 0.5) is 6.01 Å². The van der Waals surface area contributed by atoms with E-state index in [0.29, 0.717) is 19.2 Å². The van der Waals surface area contributed by atoms with Crippen LogP contribution in [0.2, 0.25) is 0 Å². The van der Waals surface area contributed by atoms with Gasteiger partial charge in [-0.15, -0.1) is 0 Å². The van der Waals surface area contributed by atoms with Crippen molar-refractivity contribution in [3.8, 4) is 0 Å². The van der Waals surface area contributed by atoms with Crippen molar-refractivity contribution in [1.29, 1.82) is 0 Å². The van der Waals surface area contributed by atoms with Gasteiger partial charge in [-0.25, -0.2) is 0 Å². The second-order valence-corrected chi connectivity index (χ2v) is 4.54. The lowest BCUT2D eigenvalue weighted by Crippen LogP contribution is -2.28. The number of rotatable bonds is 1. The predicted molar refractivity (Wildman–Crippen MR) is 71.4 cm³/mol. The molecular formula is C15H12N2O2. The van der Waals surface area contributed by atoms with Crippen LogP contribution in [0, 0.1) is 0 Å². The number of hydrogen-bond acceptors (Lipinski definition) is 4. The fraction of sp³-hybridized carbons (Fsp3) is 0.133. The maximum absolute atomic E-state index is 5.71. The number of aromatic nitrogens is 1. The largest absolute Gasteiger partial charge is 0.422 e. The summed E-state index contributed by atoms with van der Waals surface area (Å²) in [7, 11) is 0. The molecule has 94 valence electrons. The molecule has 0 bridgehead atoms. The molecule has 1 aromatic heterocycles. The molecule has 0 aliphatic carbocycles. The lowest BCUT2D eigenvalue weighted by Gasteiger charge is -2.26. The van der Waals surface area contributed by atoms with E-state index in [1.165, 1.54) is 11.1 Å². The van der Waals surface area contributed by atoms with Gasteiger partial charge in [0.05, 0.1) is 6.54 Å². The third-order valence-corrected chi connectivity index (χ3v) is 3.30. The minimum absolute atomic E-state index is 0.510. The Bertz CT molecular complexity index is 703. The second-order valence-electron chi connectivity index (χ2n) is 4.54. The Kier molecular flexibility index (Phi) is 2.28. The van der Waals surface area contributed by atoms with Crippen LogP contribution in [-0.2, 0) is 18.0 Å². The summed E-state index contributed by atoms with van der Waals surface area (Å²) in [4.78, 5) is 10.1. The molecule has 0 radical (unpaired) electrons. The van der Waals surface area contributed by atoms with Gasteiger partial charge in [-0.2, -0.15) is 10.0 Å². The summed E-state index contributed by atoms with van der Waals surface area (Å²) in [6.45, 7) is 1.21. The molecule has 0 amide bonds. The van der Waals surface area contributed by atoms with E-state index in [0.717, 1.165) is 11.1 Å². The fourth-order valence-corrected chi connectivity index (χ4v) is 2.29. The van der Waals surface area contributed by atoms with Crippen LogP contribution >= 0.6 is 0 Å². The van der Waals surface area contributed by atoms with Gasteiger partial charge in [0.1, 0.15) is 12.1 Å². The molecule has 0 spiro atoms. The number of nitrogens with zero attached hydrogens (tertiary/aromatic N) is 2. The molecule has 19 heavy (non-hydrogen) atoms. The molecule has 0 saturated carbocycles. The topological polar surface area (TPSA) is 38.5 Å². The zero-order valence-electron chi connectivity index (χ0n) is 10.2. The van der Waals surface area contributed by atoms with Crippen LogP contribution in [0.15, 0.2) is 52.9 Å². The van der Waals surface area contributed by atoms with Gasteiger partial charge in [0.2, 0.25) is 0 Å². The van der Waals surface area contributed by atoms with E-state index >= 15 is 0 Å². The zero-order valence-corrected chi connectivity index (χ0v) is 10.2. The maximum atomic E-state index is 5.71. The van der Waals surface area contributed by atoms with Gasteiger partial charge in [-0.05, 0) is 23.3 Å². The fourth-order valence-electron chi connectivity index (χ4n) is 2.29. The summed E-state index contributed by atoms with van der Waals surface area (Å²) in [5, 5.41) is 1.71. The van der Waals surface area contributed by atoms with Crippen molar-refractivity contribution in [2.75, 3.05) is 5.06 Å². The van der Waals surface area contributed by atoms with Crippen molar-refractivity contribution in [2.24, 2.45) is 0 Å². The Morgan fingerprint density at radius 3 is 2.63 bits per heavy atom. The number of hydroxylamine groups is 1. The van der Waals surface area contributed by atoms with Gasteiger partial charge in [0.15, 0.2) is 5.58 Å². The quantitative estimate of drug-likeness (QED) is 0.666. The SMILES string of the molecule is c1ccc2c(c1)CON(c1nc3ccccc3o1)C2. The minimum Gasteiger partial charge on any atom is -0.422 e. The molecule has 3 aromatic rings. The minimum atomic E-state index is 0.510. The highest BCUT2D eigenvalue weighted by Gasteiger charge is 2.21. The maximum Gasteiger partial charge on any atom is 0.323 e. The van der Waals surface area contributed by atoms with E-state index in [9.17, 15) is 0 Å². The number of hydrogen-bond donors (Lipinski definition) is 0. The van der Waals surface area contributed by atoms with E-state index in [1.807, 2.05) is 36.4 Å². The molecule has 0 N–H and O–H groups in total. The normalized spacial score (nSPS) is 14.6. The summed E-state index contributed by atoms with van der Waals surface area (Å²) in [5.74, 6) is 0. The molecule has 1 aliphatic rings. The Labute approximate surface area is 110 Å². The lowest BCUT2D eigenvalue weighted by molar-refractivity contribution is 0.0675. The van der Waals surface area contributed by atoms with E-state index in [1.54, 1.807) is 5.06 Å². The Morgan fingerprint density at radius 1 is 0.947 bits per heavy atom. The van der Waals surface area contributed by atoms with Gasteiger partial charge >= 0.3 is 6.01 Å². The van der Waals surface area contributed by atoms with Crippen LogP contribution in [0.1, 0.15) is 11.1 Å². The standard InChI is InChI=1S/C15H12N2O2/c1-2-6-12-10-18-17(9-11(12)5-1)15-16-13-7-3-4-8-14(13)19-15/h1-8H,9-10H2. The molecule has 4 rings (SSSR count). The van der Waals surface area contributed by atoms with E-state index in [2.05, 4.69) is 17.1 Å². The van der Waals surface area contributed by atoms with Gasteiger partial charge in [-0.3, -0.25) is 4.84 Å². The summed E-state index contributed by atoms with van der Waals surface area (Å²) >= 11 is 0. The van der Waals surface area contributed by atoms with E-state index in [-0.39, 0.29) is 0 Å². The van der Waals surface area contributed by atoms with Crippen LogP contribution in [0.25, 0.3) is 11.1 Å². The van der Waals surface area contributed by atoms with Crippen molar-refractivity contribution < 1.29 is 9.25 Å². The predicted octanol–water partition coefficient (Wildman–Crippen LogP) is 3.28. The van der Waals surface area contributed by atoms with Crippen LogP contribution in [0.3, 0.4) is 0 Å². The Hall–Kier alpha value is -2.33. The molecule has 2 heterocycles. The van der Waals surface area contributed by atoms with Crippen molar-refractivity contribution >= 4 is 17.1 Å². The first kappa shape index (κ1) is 10.6. The third-order valence-electron chi connectivity index (χ3n) is 3.30. The van der Waals surface area contributed by atoms with Crippen molar-refractivity contribution in [3.05, 3.63) is 59.7 Å². The van der Waals surface area contributed by atoms with Gasteiger partial charge < -0.3 is 4.42 Å². The highest BCUT2D eigenvalue weighted by Crippen LogP contribution is 2.27. The monoisotopic (exact) mass is 252 g/mol. The Balaban J connectivity index is 1.70. The average molecular weight is 252 g/mol. The third kappa shape index (κ3) is 1.77. The average Bonchev–Trinajstić information content (AvgIpc) is 2.90. The molecule has 4 nitrogen and oxygen atoms in total. The summed E-state index contributed by atoms with van der Waals surface area (Å²) in [6, 6.07) is 16.5. The lowest BCUT2D eigenvalue weighted by atomic mass is 10.1. The number of benzene rings is 2. The van der Waals surface area contributed by atoms with Crippen molar-refractivity contribution in [3.63, 3.8) is 0 Å². The number of fused-ring (bicyclic) bond motifs is 2. The summed E-state index contributed by atoms with van der Waals surface area (Å²) < 4.78 is 5.71. The van der Waals surface area contributed by atoms with Crippen LogP contribution in [0.5, 0.6) is 0 Å². The highest BCUT2D eigenvalue weighted by atomic mass is 16.7. The molecule has 4 heteroatoms. The number of oxazole rings is 1. The van der Waals surface area contributed by atoms with E-state index < -0.39 is 0 Å². The molecule has 1 aliphatic heterocycles. The Morgan fingerprint density at radius 2 is 1.74 bits per heavy atom. The first-order valence-electron chi connectivity index (χ1n) is 6.23. The van der Waals surface area contributed by atoms with Gasteiger partial charge in [0, 0.05) is 0 Å². The number of anilines is 1. The van der Waals surface area contributed by atoms with Crippen molar-refractivity contribution in [1.82, 2.24) is 4.98 Å². The summed E-state index contributed by atoms with van der Waals surface area (Å²) in [6.07, 6.45) is 0. The van der Waals surface area contributed by atoms with E-state index in [4.69, 9.17) is 9.25 Å². The first-order valence-corrected chi connectivity index (χ1v) is 6.23.